The lowest BCUT2D eigenvalue weighted by molar-refractivity contribution is -0.359. The first-order valence-corrected chi connectivity index (χ1v) is 11.9. The summed E-state index contributed by atoms with van der Waals surface area (Å²) in [5.41, 5.74) is 3.00. The van der Waals surface area contributed by atoms with Crippen molar-refractivity contribution < 1.29 is 9.37 Å². The molecule has 0 aromatic heterocycles. The van der Waals surface area contributed by atoms with Gasteiger partial charge in [0.15, 0.2) is 5.71 Å². The van der Waals surface area contributed by atoms with E-state index in [1.807, 2.05) is 23.5 Å². The van der Waals surface area contributed by atoms with Gasteiger partial charge in [-0.3, -0.25) is 4.79 Å². The molecule has 0 bridgehead atoms. The lowest BCUT2D eigenvalue weighted by atomic mass is 9.69. The van der Waals surface area contributed by atoms with Crippen LogP contribution in [0.15, 0.2) is 10.5 Å². The quantitative estimate of drug-likeness (QED) is 0.357. The Morgan fingerprint density at radius 3 is 2.58 bits per heavy atom. The topological polar surface area (TPSA) is 20.1 Å². The zero-order chi connectivity index (χ0) is 17.8. The van der Waals surface area contributed by atoms with Crippen molar-refractivity contribution in [3.63, 3.8) is 0 Å². The van der Waals surface area contributed by atoms with E-state index >= 15 is 0 Å². The zero-order valence-corrected chi connectivity index (χ0v) is 18.8. The van der Waals surface area contributed by atoms with E-state index in [1.54, 1.807) is 0 Å². The Kier molecular flexibility index (Phi) is 5.37. The van der Waals surface area contributed by atoms with Crippen molar-refractivity contribution in [1.29, 1.82) is 0 Å². The van der Waals surface area contributed by atoms with E-state index in [4.69, 9.17) is 0 Å². The number of hydrogen-bond donors (Lipinski definition) is 0. The van der Waals surface area contributed by atoms with Crippen molar-refractivity contribution in [3.8, 4) is 0 Å². The Hall–Kier alpha value is 0.260. The molecule has 0 aromatic carbocycles. The van der Waals surface area contributed by atoms with E-state index < -0.39 is 0 Å². The summed E-state index contributed by atoms with van der Waals surface area (Å²) in [6.45, 7) is 12.5. The highest BCUT2D eigenvalue weighted by atomic mass is 79.9. The minimum atomic E-state index is 0.108. The Balaban J connectivity index is 1.92. The number of hydrogen-bond acceptors (Lipinski definition) is 3. The summed E-state index contributed by atoms with van der Waals surface area (Å²) < 4.78 is 2.85. The molecule has 0 amide bonds. The number of carbonyl (C=O) groups excluding carboxylic acids is 1. The molecule has 0 aromatic rings. The van der Waals surface area contributed by atoms with E-state index in [-0.39, 0.29) is 11.3 Å². The monoisotopic (exact) mass is 430 g/mol. The molecule has 5 unspecified atom stereocenters. The predicted octanol–water partition coefficient (Wildman–Crippen LogP) is 4.96. The SMILES string of the molecule is CSC1SC(C(C)C(Br)C(C)=[N+]2CC2C)=C2CC(C)(C)CC(=O)C21. The van der Waals surface area contributed by atoms with Crippen LogP contribution >= 0.6 is 39.5 Å². The highest BCUT2D eigenvalue weighted by Gasteiger charge is 2.49. The molecule has 24 heavy (non-hydrogen) atoms. The number of carbonyl (C=O) groups is 1. The largest absolute Gasteiger partial charge is 0.299 e. The molecule has 2 aliphatic heterocycles. The molecule has 0 radical (unpaired) electrons. The highest BCUT2D eigenvalue weighted by Crippen LogP contribution is 2.57. The van der Waals surface area contributed by atoms with E-state index in [9.17, 15) is 4.79 Å². The second-order valence-corrected chi connectivity index (χ2v) is 11.9. The smallest absolute Gasteiger partial charge is 0.208 e. The highest BCUT2D eigenvalue weighted by molar-refractivity contribution is 9.10. The van der Waals surface area contributed by atoms with Crippen molar-refractivity contribution in [2.45, 2.75) is 62.9 Å². The molecule has 5 atom stereocenters. The van der Waals surface area contributed by atoms with Gasteiger partial charge in [-0.25, -0.2) is 4.58 Å². The number of halogens is 1. The van der Waals surface area contributed by atoms with Gasteiger partial charge in [0, 0.05) is 26.2 Å². The normalized spacial score (nSPS) is 36.5. The van der Waals surface area contributed by atoms with Gasteiger partial charge in [0.2, 0.25) is 12.6 Å². The third-order valence-electron chi connectivity index (χ3n) is 5.67. The van der Waals surface area contributed by atoms with Crippen LogP contribution in [0.4, 0.5) is 0 Å². The molecule has 0 spiro atoms. The van der Waals surface area contributed by atoms with Crippen molar-refractivity contribution >= 4 is 50.9 Å². The van der Waals surface area contributed by atoms with E-state index in [2.05, 4.69) is 61.4 Å². The molecular formula is C19H29BrNOS2+. The fourth-order valence-electron chi connectivity index (χ4n) is 4.26. The standard InChI is InChI=1S/C19H29BrNOS2/c1-10-9-21(10)12(3)16(20)11(2)17-13-7-19(4,5)8-14(22)15(13)18(23-6)24-17/h10-11,15-16,18H,7-9H2,1-6H3/q+1. The van der Waals surface area contributed by atoms with Gasteiger partial charge < -0.3 is 0 Å². The van der Waals surface area contributed by atoms with E-state index in [0.717, 1.165) is 12.8 Å². The van der Waals surface area contributed by atoms with E-state index in [1.165, 1.54) is 22.7 Å². The average Bonchev–Trinajstić information content (AvgIpc) is 3.11. The minimum Gasteiger partial charge on any atom is -0.299 e. The molecule has 1 aliphatic carbocycles. The van der Waals surface area contributed by atoms with Crippen LogP contribution in [0.2, 0.25) is 0 Å². The zero-order valence-electron chi connectivity index (χ0n) is 15.6. The lowest BCUT2D eigenvalue weighted by Crippen LogP contribution is -2.34. The second-order valence-electron chi connectivity index (χ2n) is 8.41. The Bertz CT molecular complexity index is 625. The number of Topliss-reactive ketones (excluding diaryl/α,β-unsaturated/α-hetero) is 1. The van der Waals surface area contributed by atoms with Gasteiger partial charge in [-0.2, -0.15) is 0 Å². The summed E-state index contributed by atoms with van der Waals surface area (Å²) in [7, 11) is 0. The number of thioether (sulfide) groups is 2. The van der Waals surface area contributed by atoms with Crippen LogP contribution in [0.3, 0.4) is 0 Å². The fourth-order valence-corrected chi connectivity index (χ4v) is 7.65. The maximum Gasteiger partial charge on any atom is 0.208 e. The summed E-state index contributed by atoms with van der Waals surface area (Å²) in [5.74, 6) is 1.04. The molecule has 1 saturated heterocycles. The molecule has 3 rings (SSSR count). The first-order chi connectivity index (χ1) is 11.2. The van der Waals surface area contributed by atoms with Crippen LogP contribution in [0.5, 0.6) is 0 Å². The van der Waals surface area contributed by atoms with E-state index in [0.29, 0.717) is 27.2 Å². The number of fused-ring (bicyclic) bond motifs is 1. The van der Waals surface area contributed by atoms with Crippen molar-refractivity contribution in [1.82, 2.24) is 0 Å². The molecule has 2 fully saturated rings. The third-order valence-corrected chi connectivity index (χ3v) is 10.1. The lowest BCUT2D eigenvalue weighted by Gasteiger charge is -2.35. The van der Waals surface area contributed by atoms with Crippen LogP contribution in [0.1, 0.15) is 47.5 Å². The van der Waals surface area contributed by atoms with Gasteiger partial charge in [0.25, 0.3) is 0 Å². The second kappa shape index (κ2) is 6.77. The van der Waals surface area contributed by atoms with Gasteiger partial charge in [-0.15, -0.1) is 23.5 Å². The van der Waals surface area contributed by atoms with Crippen molar-refractivity contribution in [2.24, 2.45) is 17.3 Å². The summed E-state index contributed by atoms with van der Waals surface area (Å²) in [6.07, 6.45) is 3.96. The molecule has 2 heterocycles. The number of rotatable bonds is 4. The molecule has 3 aliphatic rings. The first kappa shape index (κ1) is 19.0. The minimum absolute atomic E-state index is 0.108. The van der Waals surface area contributed by atoms with Crippen LogP contribution < -0.4 is 0 Å². The Labute approximate surface area is 163 Å². The van der Waals surface area contributed by atoms with Crippen LogP contribution in [0.25, 0.3) is 0 Å². The molecular weight excluding hydrogens is 402 g/mol. The number of ketones is 1. The summed E-state index contributed by atoms with van der Waals surface area (Å²) >= 11 is 7.79. The summed E-state index contributed by atoms with van der Waals surface area (Å²) in [4.78, 5) is 14.7. The number of allylic oxidation sites excluding steroid dienone is 2. The predicted molar refractivity (Wildman–Crippen MR) is 111 cm³/mol. The fraction of sp³-hybridized carbons (Fsp3) is 0.789. The summed E-state index contributed by atoms with van der Waals surface area (Å²) in [5, 5.41) is 0. The molecule has 134 valence electrons. The maximum atomic E-state index is 12.8. The average molecular weight is 431 g/mol. The van der Waals surface area contributed by atoms with Gasteiger partial charge >= 0.3 is 0 Å². The van der Waals surface area contributed by atoms with Crippen molar-refractivity contribution in [2.75, 3.05) is 12.8 Å². The first-order valence-electron chi connectivity index (χ1n) is 8.85. The molecule has 2 nitrogen and oxygen atoms in total. The van der Waals surface area contributed by atoms with Gasteiger partial charge in [-0.05, 0) is 28.6 Å². The number of nitrogens with zero attached hydrogens (tertiary/aromatic N) is 1. The van der Waals surface area contributed by atoms with Crippen LogP contribution in [-0.4, -0.2) is 44.3 Å². The third kappa shape index (κ3) is 3.42. The van der Waals surface area contributed by atoms with Crippen LogP contribution in [0, 0.1) is 17.3 Å². The molecule has 0 N–H and O–H groups in total. The van der Waals surface area contributed by atoms with Crippen molar-refractivity contribution in [3.05, 3.63) is 10.5 Å². The molecule has 5 heteroatoms. The Morgan fingerprint density at radius 1 is 1.42 bits per heavy atom. The van der Waals surface area contributed by atoms with Gasteiger partial charge in [0.05, 0.1) is 10.5 Å². The van der Waals surface area contributed by atoms with Crippen LogP contribution in [-0.2, 0) is 4.79 Å². The maximum absolute atomic E-state index is 12.8. The Morgan fingerprint density at radius 2 is 2.04 bits per heavy atom. The van der Waals surface area contributed by atoms with Gasteiger partial charge in [-0.1, -0.05) is 36.7 Å². The van der Waals surface area contributed by atoms with Gasteiger partial charge in [0.1, 0.15) is 10.6 Å². The number of alkyl halides is 1. The molecule has 1 saturated carbocycles. The summed E-state index contributed by atoms with van der Waals surface area (Å²) in [6, 6.07) is 0.688.